The van der Waals surface area contributed by atoms with Gasteiger partial charge in [0.15, 0.2) is 6.61 Å². The minimum atomic E-state index is -0.977. The van der Waals surface area contributed by atoms with Crippen molar-refractivity contribution in [3.63, 3.8) is 0 Å². The predicted octanol–water partition coefficient (Wildman–Crippen LogP) is 2.48. The quantitative estimate of drug-likeness (QED) is 0.590. The number of nitro groups is 1. The van der Waals surface area contributed by atoms with Crippen LogP contribution in [0.25, 0.3) is 0 Å². The van der Waals surface area contributed by atoms with Gasteiger partial charge in [-0.3, -0.25) is 14.9 Å². The van der Waals surface area contributed by atoms with Gasteiger partial charge in [0.25, 0.3) is 11.6 Å². The van der Waals surface area contributed by atoms with E-state index >= 15 is 0 Å². The highest BCUT2D eigenvalue weighted by molar-refractivity contribution is 6.32. The predicted molar refractivity (Wildman–Crippen MR) is 88.0 cm³/mol. The molecular weight excluding hydrogens is 336 g/mol. The molecule has 2 N–H and O–H groups in total. The Morgan fingerprint density at radius 2 is 1.92 bits per heavy atom. The second-order valence-corrected chi connectivity index (χ2v) is 5.29. The summed E-state index contributed by atoms with van der Waals surface area (Å²) in [6.45, 7) is -0.279. The number of hydrogen-bond acceptors (Lipinski definition) is 5. The number of nitrogens with one attached hydrogen (secondary N) is 1. The lowest BCUT2D eigenvalue weighted by molar-refractivity contribution is -0.384. The maximum absolute atomic E-state index is 11.7. The highest BCUT2D eigenvalue weighted by atomic mass is 35.5. The van der Waals surface area contributed by atoms with E-state index < -0.39 is 16.9 Å². The number of benzene rings is 2. The zero-order valence-electron chi connectivity index (χ0n) is 12.5. The Hall–Kier alpha value is -2.64. The topological polar surface area (TPSA) is 102 Å². The lowest BCUT2D eigenvalue weighted by atomic mass is 10.1. The largest absolute Gasteiger partial charge is 0.482 e. The van der Waals surface area contributed by atoms with Crippen LogP contribution in [-0.2, 0) is 4.79 Å². The SMILES string of the molecule is O=C(COc1ccccc1Cl)NCC(O)c1ccc([N+](=O)[O-])cc1. The fourth-order valence-corrected chi connectivity index (χ4v) is 2.09. The van der Waals surface area contributed by atoms with Crippen LogP contribution in [0.15, 0.2) is 48.5 Å². The Bertz CT molecular complexity index is 721. The average molecular weight is 351 g/mol. The van der Waals surface area contributed by atoms with Gasteiger partial charge >= 0.3 is 0 Å². The van der Waals surface area contributed by atoms with Crippen molar-refractivity contribution in [1.82, 2.24) is 5.32 Å². The molecule has 0 aromatic heterocycles. The normalized spacial score (nSPS) is 11.6. The molecule has 0 aliphatic heterocycles. The molecule has 2 aromatic carbocycles. The van der Waals surface area contributed by atoms with Gasteiger partial charge in [-0.1, -0.05) is 23.7 Å². The maximum Gasteiger partial charge on any atom is 0.269 e. The summed E-state index contributed by atoms with van der Waals surface area (Å²) in [6, 6.07) is 12.2. The summed E-state index contributed by atoms with van der Waals surface area (Å²) in [5.41, 5.74) is 0.399. The summed E-state index contributed by atoms with van der Waals surface area (Å²) in [6.07, 6.45) is -0.977. The monoisotopic (exact) mass is 350 g/mol. The Balaban J connectivity index is 1.80. The van der Waals surface area contributed by atoms with Gasteiger partial charge in [-0.15, -0.1) is 0 Å². The molecule has 7 nitrogen and oxygen atoms in total. The lowest BCUT2D eigenvalue weighted by Gasteiger charge is -2.13. The third kappa shape index (κ3) is 4.94. The molecule has 2 rings (SSSR count). The number of carbonyl (C=O) groups is 1. The zero-order chi connectivity index (χ0) is 17.5. The number of nitrogens with zero attached hydrogens (tertiary/aromatic N) is 1. The van der Waals surface area contributed by atoms with Crippen LogP contribution in [0, 0.1) is 10.1 Å². The van der Waals surface area contributed by atoms with Gasteiger partial charge in [-0.2, -0.15) is 0 Å². The van der Waals surface area contributed by atoms with E-state index in [9.17, 15) is 20.0 Å². The van der Waals surface area contributed by atoms with Gasteiger partial charge in [0.1, 0.15) is 5.75 Å². The van der Waals surface area contributed by atoms with Crippen molar-refractivity contribution in [2.75, 3.05) is 13.2 Å². The molecule has 1 atom stereocenters. The van der Waals surface area contributed by atoms with Crippen molar-refractivity contribution in [1.29, 1.82) is 0 Å². The molecule has 0 heterocycles. The van der Waals surface area contributed by atoms with Gasteiger partial charge in [-0.05, 0) is 29.8 Å². The molecule has 0 radical (unpaired) electrons. The van der Waals surface area contributed by atoms with Crippen molar-refractivity contribution in [3.8, 4) is 5.75 Å². The molecule has 1 unspecified atom stereocenters. The summed E-state index contributed by atoms with van der Waals surface area (Å²) in [7, 11) is 0. The van der Waals surface area contributed by atoms with Gasteiger partial charge in [-0.25, -0.2) is 0 Å². The van der Waals surface area contributed by atoms with Crippen LogP contribution in [0.3, 0.4) is 0 Å². The Labute approximate surface area is 143 Å². The molecule has 0 spiro atoms. The highest BCUT2D eigenvalue weighted by Crippen LogP contribution is 2.22. The maximum atomic E-state index is 11.7. The molecule has 2 aromatic rings. The fourth-order valence-electron chi connectivity index (χ4n) is 1.90. The summed E-state index contributed by atoms with van der Waals surface area (Å²) in [4.78, 5) is 21.8. The number of rotatable bonds is 7. The second-order valence-electron chi connectivity index (χ2n) is 4.89. The third-order valence-electron chi connectivity index (χ3n) is 3.18. The summed E-state index contributed by atoms with van der Waals surface area (Å²) >= 11 is 5.91. The van der Waals surface area contributed by atoms with Gasteiger partial charge in [0.2, 0.25) is 0 Å². The number of halogens is 1. The van der Waals surface area contributed by atoms with Gasteiger partial charge < -0.3 is 15.2 Å². The number of aliphatic hydroxyl groups excluding tert-OH is 1. The standard InChI is InChI=1S/C16H15ClN2O5/c17-13-3-1-2-4-15(13)24-10-16(21)18-9-14(20)11-5-7-12(8-6-11)19(22)23/h1-8,14,20H,9-10H2,(H,18,21). The van der Waals surface area contributed by atoms with Crippen molar-refractivity contribution in [2.24, 2.45) is 0 Å². The van der Waals surface area contributed by atoms with Crippen LogP contribution >= 0.6 is 11.6 Å². The molecule has 24 heavy (non-hydrogen) atoms. The molecule has 0 saturated heterocycles. The average Bonchev–Trinajstić information content (AvgIpc) is 2.59. The first-order valence-electron chi connectivity index (χ1n) is 7.04. The highest BCUT2D eigenvalue weighted by Gasteiger charge is 2.12. The van der Waals surface area contributed by atoms with E-state index in [4.69, 9.17) is 16.3 Å². The number of carbonyl (C=O) groups excluding carboxylic acids is 1. The van der Waals surface area contributed by atoms with E-state index in [1.807, 2.05) is 0 Å². The van der Waals surface area contributed by atoms with Crippen molar-refractivity contribution in [2.45, 2.75) is 6.10 Å². The van der Waals surface area contributed by atoms with Crippen molar-refractivity contribution in [3.05, 3.63) is 69.2 Å². The Kier molecular flexibility index (Phi) is 6.11. The molecule has 0 aliphatic rings. The summed E-state index contributed by atoms with van der Waals surface area (Å²) in [5.74, 6) is -0.0267. The molecule has 8 heteroatoms. The molecule has 0 bridgehead atoms. The third-order valence-corrected chi connectivity index (χ3v) is 3.49. The number of para-hydroxylation sites is 1. The second kappa shape index (κ2) is 8.28. The number of ether oxygens (including phenoxy) is 1. The van der Waals surface area contributed by atoms with Crippen LogP contribution < -0.4 is 10.1 Å². The molecule has 126 valence electrons. The van der Waals surface area contributed by atoms with Crippen molar-refractivity contribution < 1.29 is 19.6 Å². The summed E-state index contributed by atoms with van der Waals surface area (Å²) < 4.78 is 5.28. The zero-order valence-corrected chi connectivity index (χ0v) is 13.3. The van der Waals surface area contributed by atoms with E-state index in [0.717, 1.165) is 0 Å². The first kappa shape index (κ1) is 17.7. The number of aliphatic hydroxyl groups is 1. The fraction of sp³-hybridized carbons (Fsp3) is 0.188. The number of non-ortho nitro benzene ring substituents is 1. The van der Waals surface area contributed by atoms with E-state index in [-0.39, 0.29) is 18.8 Å². The smallest absolute Gasteiger partial charge is 0.269 e. The number of hydrogen-bond donors (Lipinski definition) is 2. The van der Waals surface area contributed by atoms with E-state index in [0.29, 0.717) is 16.3 Å². The van der Waals surface area contributed by atoms with E-state index in [1.165, 1.54) is 24.3 Å². The summed E-state index contributed by atoms with van der Waals surface area (Å²) in [5, 5.41) is 23.5. The van der Waals surface area contributed by atoms with Crippen LogP contribution in [0.5, 0.6) is 5.75 Å². The van der Waals surface area contributed by atoms with Crippen LogP contribution in [-0.4, -0.2) is 29.1 Å². The van der Waals surface area contributed by atoms with E-state index in [1.54, 1.807) is 24.3 Å². The molecular formula is C16H15ClN2O5. The van der Waals surface area contributed by atoms with Gasteiger partial charge in [0, 0.05) is 18.7 Å². The number of amides is 1. The first-order chi connectivity index (χ1) is 11.5. The number of nitro benzene ring substituents is 1. The van der Waals surface area contributed by atoms with Gasteiger partial charge in [0.05, 0.1) is 16.0 Å². The van der Waals surface area contributed by atoms with Crippen LogP contribution in [0.2, 0.25) is 5.02 Å². The Morgan fingerprint density at radius 3 is 2.54 bits per heavy atom. The van der Waals surface area contributed by atoms with Crippen LogP contribution in [0.1, 0.15) is 11.7 Å². The molecule has 0 fully saturated rings. The lowest BCUT2D eigenvalue weighted by Crippen LogP contribution is -2.32. The minimum Gasteiger partial charge on any atom is -0.482 e. The molecule has 1 amide bonds. The molecule has 0 aliphatic carbocycles. The van der Waals surface area contributed by atoms with E-state index in [2.05, 4.69) is 5.32 Å². The van der Waals surface area contributed by atoms with Crippen molar-refractivity contribution >= 4 is 23.2 Å². The molecule has 0 saturated carbocycles. The minimum absolute atomic E-state index is 0.0392. The van der Waals surface area contributed by atoms with Crippen LogP contribution in [0.4, 0.5) is 5.69 Å². The first-order valence-corrected chi connectivity index (χ1v) is 7.41. The Morgan fingerprint density at radius 1 is 1.25 bits per heavy atom.